The van der Waals surface area contributed by atoms with Crippen molar-refractivity contribution in [1.29, 1.82) is 0 Å². The quantitative estimate of drug-likeness (QED) is 0.667. The van der Waals surface area contributed by atoms with Gasteiger partial charge in [0.2, 0.25) is 11.8 Å². The minimum atomic E-state index is 0.0922. The van der Waals surface area contributed by atoms with Crippen LogP contribution in [-0.2, 0) is 9.59 Å². The lowest BCUT2D eigenvalue weighted by molar-refractivity contribution is -0.141. The first-order chi connectivity index (χ1) is 14.6. The van der Waals surface area contributed by atoms with Gasteiger partial charge in [0.15, 0.2) is 11.5 Å². The average molecular weight is 433 g/mol. The van der Waals surface area contributed by atoms with E-state index >= 15 is 0 Å². The van der Waals surface area contributed by atoms with Gasteiger partial charge in [-0.1, -0.05) is 6.92 Å². The zero-order chi connectivity index (χ0) is 20.9. The Balaban J connectivity index is 1.18. The van der Waals surface area contributed by atoms with E-state index in [4.69, 9.17) is 9.47 Å². The summed E-state index contributed by atoms with van der Waals surface area (Å²) < 4.78 is 11.2. The summed E-state index contributed by atoms with van der Waals surface area (Å²) >= 11 is 1.67. The van der Waals surface area contributed by atoms with Crippen molar-refractivity contribution >= 4 is 23.6 Å². The number of carbonyl (C=O) groups excluding carboxylic acids is 2. The number of rotatable bonds is 5. The third kappa shape index (κ3) is 5.23. The Labute approximate surface area is 183 Å². The highest BCUT2D eigenvalue weighted by molar-refractivity contribution is 7.99. The second-order valence-electron chi connectivity index (χ2n) is 8.57. The first kappa shape index (κ1) is 21.3. The standard InChI is InChI=1S/C23H32N2O4S/c1-17-4-9-25(10-5-17)23(27)18-6-11-24(12-7-18)22(26)8-15-30-19-2-3-20-21(16-19)29-14-13-28-20/h2-3,16-18H,4-15H2,1H3. The predicted octanol–water partition coefficient (Wildman–Crippen LogP) is 3.44. The van der Waals surface area contributed by atoms with Crippen molar-refractivity contribution in [1.82, 2.24) is 9.80 Å². The van der Waals surface area contributed by atoms with Crippen LogP contribution in [0, 0.1) is 11.8 Å². The molecule has 30 heavy (non-hydrogen) atoms. The van der Waals surface area contributed by atoms with E-state index in [1.54, 1.807) is 11.8 Å². The van der Waals surface area contributed by atoms with Crippen molar-refractivity contribution in [3.8, 4) is 11.5 Å². The average Bonchev–Trinajstić information content (AvgIpc) is 2.79. The smallest absolute Gasteiger partial charge is 0.225 e. The van der Waals surface area contributed by atoms with Crippen LogP contribution in [-0.4, -0.2) is 66.8 Å². The number of nitrogens with zero attached hydrogens (tertiary/aromatic N) is 2. The summed E-state index contributed by atoms with van der Waals surface area (Å²) in [6.45, 7) is 6.63. The molecule has 6 nitrogen and oxygen atoms in total. The summed E-state index contributed by atoms with van der Waals surface area (Å²) in [5, 5.41) is 0. The minimum absolute atomic E-state index is 0.0922. The van der Waals surface area contributed by atoms with Crippen LogP contribution in [0.2, 0.25) is 0 Å². The molecule has 2 saturated heterocycles. The normalized spacial score (nSPS) is 20.3. The van der Waals surface area contributed by atoms with E-state index in [9.17, 15) is 9.59 Å². The Bertz CT molecular complexity index is 756. The summed E-state index contributed by atoms with van der Waals surface area (Å²) in [5.41, 5.74) is 0. The molecule has 2 fully saturated rings. The van der Waals surface area contributed by atoms with Crippen LogP contribution in [0.3, 0.4) is 0 Å². The molecule has 3 aliphatic heterocycles. The largest absolute Gasteiger partial charge is 0.486 e. The fraction of sp³-hybridized carbons (Fsp3) is 0.652. The topological polar surface area (TPSA) is 59.1 Å². The Morgan fingerprint density at radius 1 is 0.967 bits per heavy atom. The summed E-state index contributed by atoms with van der Waals surface area (Å²) in [7, 11) is 0. The molecule has 0 saturated carbocycles. The van der Waals surface area contributed by atoms with Gasteiger partial charge in [-0.05, 0) is 49.8 Å². The highest BCUT2D eigenvalue weighted by Gasteiger charge is 2.31. The zero-order valence-electron chi connectivity index (χ0n) is 17.8. The van der Waals surface area contributed by atoms with Gasteiger partial charge in [-0.3, -0.25) is 9.59 Å². The van der Waals surface area contributed by atoms with E-state index in [1.165, 1.54) is 0 Å². The van der Waals surface area contributed by atoms with Gasteiger partial charge in [0.05, 0.1) is 0 Å². The van der Waals surface area contributed by atoms with Crippen molar-refractivity contribution in [2.75, 3.05) is 45.1 Å². The van der Waals surface area contributed by atoms with Crippen molar-refractivity contribution < 1.29 is 19.1 Å². The first-order valence-corrected chi connectivity index (χ1v) is 12.2. The number of carbonyl (C=O) groups is 2. The van der Waals surface area contributed by atoms with Crippen LogP contribution in [0.4, 0.5) is 0 Å². The number of thioether (sulfide) groups is 1. The highest BCUT2D eigenvalue weighted by atomic mass is 32.2. The molecule has 3 aliphatic rings. The van der Waals surface area contributed by atoms with Gasteiger partial charge in [-0.25, -0.2) is 0 Å². The molecule has 0 bridgehead atoms. The Kier molecular flexibility index (Phi) is 7.08. The molecule has 0 N–H and O–H groups in total. The molecular formula is C23H32N2O4S. The summed E-state index contributed by atoms with van der Waals surface area (Å²) in [6.07, 6.45) is 4.34. The maximum Gasteiger partial charge on any atom is 0.225 e. The van der Waals surface area contributed by atoms with Crippen molar-refractivity contribution in [2.24, 2.45) is 11.8 Å². The molecule has 4 rings (SSSR count). The third-order valence-corrected chi connectivity index (χ3v) is 7.39. The van der Waals surface area contributed by atoms with Crippen LogP contribution in [0.1, 0.15) is 39.0 Å². The van der Waals surface area contributed by atoms with Crippen molar-refractivity contribution in [2.45, 2.75) is 43.9 Å². The van der Waals surface area contributed by atoms with Gasteiger partial charge in [0, 0.05) is 49.2 Å². The SMILES string of the molecule is CC1CCN(C(=O)C2CCN(C(=O)CCSc3ccc4c(c3)OCCO4)CC2)CC1. The van der Waals surface area contributed by atoms with E-state index in [2.05, 4.69) is 6.92 Å². The summed E-state index contributed by atoms with van der Waals surface area (Å²) in [5.74, 6) is 3.64. The Morgan fingerprint density at radius 3 is 2.37 bits per heavy atom. The Morgan fingerprint density at radius 2 is 1.63 bits per heavy atom. The second kappa shape index (κ2) is 9.94. The van der Waals surface area contributed by atoms with Crippen LogP contribution >= 0.6 is 11.8 Å². The number of amides is 2. The summed E-state index contributed by atoms with van der Waals surface area (Å²) in [6, 6.07) is 5.94. The van der Waals surface area contributed by atoms with Gasteiger partial charge in [0.25, 0.3) is 0 Å². The lowest BCUT2D eigenvalue weighted by Gasteiger charge is -2.36. The lowest BCUT2D eigenvalue weighted by Crippen LogP contribution is -2.46. The number of ether oxygens (including phenoxy) is 2. The number of fused-ring (bicyclic) bond motifs is 1. The van der Waals surface area contributed by atoms with Crippen LogP contribution in [0.25, 0.3) is 0 Å². The van der Waals surface area contributed by atoms with E-state index in [1.807, 2.05) is 28.0 Å². The van der Waals surface area contributed by atoms with E-state index in [0.29, 0.717) is 38.6 Å². The highest BCUT2D eigenvalue weighted by Crippen LogP contribution is 2.34. The first-order valence-electron chi connectivity index (χ1n) is 11.2. The van der Waals surface area contributed by atoms with E-state index in [0.717, 1.165) is 66.8 Å². The number of hydrogen-bond acceptors (Lipinski definition) is 5. The monoisotopic (exact) mass is 432 g/mol. The maximum absolute atomic E-state index is 12.8. The Hall–Kier alpha value is -1.89. The van der Waals surface area contributed by atoms with E-state index in [-0.39, 0.29) is 11.8 Å². The van der Waals surface area contributed by atoms with E-state index < -0.39 is 0 Å². The molecule has 0 aliphatic carbocycles. The second-order valence-corrected chi connectivity index (χ2v) is 9.74. The molecule has 3 heterocycles. The molecule has 0 aromatic heterocycles. The molecule has 1 aromatic rings. The molecule has 1 aromatic carbocycles. The molecule has 0 atom stereocenters. The number of hydrogen-bond donors (Lipinski definition) is 0. The van der Waals surface area contributed by atoms with Crippen molar-refractivity contribution in [3.05, 3.63) is 18.2 Å². The van der Waals surface area contributed by atoms with Crippen LogP contribution in [0.15, 0.2) is 23.1 Å². The molecule has 0 unspecified atom stereocenters. The fourth-order valence-electron chi connectivity index (χ4n) is 4.39. The van der Waals surface area contributed by atoms with Crippen LogP contribution < -0.4 is 9.47 Å². The predicted molar refractivity (Wildman–Crippen MR) is 117 cm³/mol. The third-order valence-electron chi connectivity index (χ3n) is 6.39. The van der Waals surface area contributed by atoms with Gasteiger partial charge in [-0.2, -0.15) is 0 Å². The van der Waals surface area contributed by atoms with Crippen molar-refractivity contribution in [3.63, 3.8) is 0 Å². The summed E-state index contributed by atoms with van der Waals surface area (Å²) in [4.78, 5) is 30.4. The van der Waals surface area contributed by atoms with Crippen LogP contribution in [0.5, 0.6) is 11.5 Å². The fourth-order valence-corrected chi connectivity index (χ4v) is 5.26. The number of benzene rings is 1. The molecule has 0 spiro atoms. The molecule has 0 radical (unpaired) electrons. The maximum atomic E-state index is 12.8. The van der Waals surface area contributed by atoms with Gasteiger partial charge in [-0.15, -0.1) is 11.8 Å². The molecule has 164 valence electrons. The van der Waals surface area contributed by atoms with Gasteiger partial charge < -0.3 is 19.3 Å². The van der Waals surface area contributed by atoms with Gasteiger partial charge in [0.1, 0.15) is 13.2 Å². The number of likely N-dealkylation sites (tertiary alicyclic amines) is 2. The zero-order valence-corrected chi connectivity index (χ0v) is 18.6. The molecule has 2 amide bonds. The minimum Gasteiger partial charge on any atom is -0.486 e. The number of piperidine rings is 2. The lowest BCUT2D eigenvalue weighted by atomic mass is 9.92. The molecular weight excluding hydrogens is 400 g/mol. The van der Waals surface area contributed by atoms with Gasteiger partial charge >= 0.3 is 0 Å². The molecule has 7 heteroatoms.